The highest BCUT2D eigenvalue weighted by Crippen LogP contribution is 2.48. The summed E-state index contributed by atoms with van der Waals surface area (Å²) >= 11 is 0. The van der Waals surface area contributed by atoms with E-state index in [4.69, 9.17) is 9.47 Å². The molecule has 2 heterocycles. The van der Waals surface area contributed by atoms with E-state index in [0.717, 1.165) is 54.9 Å². The molecule has 212 valence electrons. The van der Waals surface area contributed by atoms with Crippen molar-refractivity contribution in [1.82, 2.24) is 10.2 Å². The van der Waals surface area contributed by atoms with E-state index in [1.807, 2.05) is 30.3 Å². The Labute approximate surface area is 230 Å². The maximum absolute atomic E-state index is 15.6. The van der Waals surface area contributed by atoms with Gasteiger partial charge in [-0.05, 0) is 66.5 Å². The number of alkyl halides is 3. The van der Waals surface area contributed by atoms with E-state index in [-0.39, 0.29) is 23.8 Å². The van der Waals surface area contributed by atoms with Crippen LogP contribution in [-0.4, -0.2) is 43.4 Å². The van der Waals surface area contributed by atoms with E-state index in [2.05, 4.69) is 5.32 Å². The Hall–Kier alpha value is -3.17. The van der Waals surface area contributed by atoms with Crippen LogP contribution in [0.4, 0.5) is 22.0 Å². The third kappa shape index (κ3) is 5.67. The fourth-order valence-corrected chi connectivity index (χ4v) is 6.44. The average molecular weight is 559 g/mol. The lowest BCUT2D eigenvalue weighted by molar-refractivity contribution is -0.150. The molecule has 1 unspecified atom stereocenters. The van der Waals surface area contributed by atoms with E-state index >= 15 is 8.78 Å². The molecule has 1 saturated carbocycles. The van der Waals surface area contributed by atoms with Gasteiger partial charge in [-0.25, -0.2) is 8.78 Å². The van der Waals surface area contributed by atoms with E-state index in [1.165, 1.54) is 0 Å². The van der Waals surface area contributed by atoms with E-state index < -0.39 is 36.0 Å². The molecule has 1 aliphatic carbocycles. The second-order valence-corrected chi connectivity index (χ2v) is 11.2. The number of halogens is 5. The number of nitrogens with zero attached hydrogens (tertiary/aromatic N) is 1. The Bertz CT molecular complexity index is 1330. The summed E-state index contributed by atoms with van der Waals surface area (Å²) in [6.45, 7) is 0.923. The predicted molar refractivity (Wildman–Crippen MR) is 140 cm³/mol. The molecule has 0 aromatic heterocycles. The molecule has 3 aromatic rings. The molecule has 9 heteroatoms. The van der Waals surface area contributed by atoms with Gasteiger partial charge in [0.15, 0.2) is 0 Å². The van der Waals surface area contributed by atoms with Crippen LogP contribution in [0, 0.1) is 17.0 Å². The maximum atomic E-state index is 15.6. The summed E-state index contributed by atoms with van der Waals surface area (Å²) in [5, 5.41) is 3.34. The van der Waals surface area contributed by atoms with Crippen molar-refractivity contribution in [2.24, 2.45) is 5.41 Å². The van der Waals surface area contributed by atoms with Crippen molar-refractivity contribution in [2.75, 3.05) is 26.2 Å². The third-order valence-electron chi connectivity index (χ3n) is 8.36. The Morgan fingerprint density at radius 1 is 0.950 bits per heavy atom. The van der Waals surface area contributed by atoms with Crippen molar-refractivity contribution < 1.29 is 31.4 Å². The van der Waals surface area contributed by atoms with Gasteiger partial charge in [0, 0.05) is 30.8 Å². The van der Waals surface area contributed by atoms with Crippen molar-refractivity contribution in [1.29, 1.82) is 0 Å². The molecule has 0 bridgehead atoms. The number of hydrogen-bond donors (Lipinski definition) is 1. The van der Waals surface area contributed by atoms with Gasteiger partial charge in [-0.15, -0.1) is 0 Å². The van der Waals surface area contributed by atoms with Gasteiger partial charge in [0.2, 0.25) is 0 Å². The van der Waals surface area contributed by atoms with Crippen LogP contribution in [0.3, 0.4) is 0 Å². The van der Waals surface area contributed by atoms with Crippen LogP contribution >= 0.6 is 0 Å². The largest absolute Gasteiger partial charge is 0.490 e. The fourth-order valence-electron chi connectivity index (χ4n) is 6.44. The van der Waals surface area contributed by atoms with Crippen LogP contribution in [0.2, 0.25) is 0 Å². The van der Waals surface area contributed by atoms with Crippen molar-refractivity contribution in [2.45, 2.75) is 50.6 Å². The summed E-state index contributed by atoms with van der Waals surface area (Å²) < 4.78 is 83.6. The van der Waals surface area contributed by atoms with E-state index in [9.17, 15) is 13.2 Å². The van der Waals surface area contributed by atoms with Gasteiger partial charge in [-0.1, -0.05) is 36.4 Å². The first-order valence-corrected chi connectivity index (χ1v) is 13.6. The van der Waals surface area contributed by atoms with Gasteiger partial charge < -0.3 is 14.8 Å². The molecular weight excluding hydrogens is 527 g/mol. The van der Waals surface area contributed by atoms with Gasteiger partial charge in [-0.3, -0.25) is 4.90 Å². The maximum Gasteiger partial charge on any atom is 0.401 e. The molecule has 1 N–H and O–H groups in total. The number of fused-ring (bicyclic) bond motifs is 1. The quantitative estimate of drug-likeness (QED) is 0.333. The second-order valence-electron chi connectivity index (χ2n) is 11.2. The highest BCUT2D eigenvalue weighted by atomic mass is 19.4. The Morgan fingerprint density at radius 2 is 1.70 bits per heavy atom. The lowest BCUT2D eigenvalue weighted by Crippen LogP contribution is -2.45. The minimum absolute atomic E-state index is 0.00532. The average Bonchev–Trinajstić information content (AvgIpc) is 3.38. The van der Waals surface area contributed by atoms with Crippen molar-refractivity contribution in [3.05, 3.63) is 94.6 Å². The van der Waals surface area contributed by atoms with Gasteiger partial charge in [0.05, 0.1) is 18.7 Å². The number of rotatable bonds is 7. The van der Waals surface area contributed by atoms with Gasteiger partial charge in [0.1, 0.15) is 29.7 Å². The van der Waals surface area contributed by atoms with Crippen LogP contribution in [0.25, 0.3) is 0 Å². The molecular formula is C31H31F5N2O2. The smallest absolute Gasteiger partial charge is 0.401 e. The molecule has 0 radical (unpaired) electrons. The van der Waals surface area contributed by atoms with Crippen molar-refractivity contribution in [3.63, 3.8) is 0 Å². The van der Waals surface area contributed by atoms with Gasteiger partial charge in [0.25, 0.3) is 0 Å². The molecule has 3 aromatic carbocycles. The molecule has 6 rings (SSSR count). The van der Waals surface area contributed by atoms with Crippen LogP contribution in [0.1, 0.15) is 47.6 Å². The first kappa shape index (κ1) is 27.0. The lowest BCUT2D eigenvalue weighted by Gasteiger charge is -2.44. The first-order chi connectivity index (χ1) is 19.2. The SMILES string of the molecule is Fc1cc(OC2CC3(CCNC3)C2)cc(F)c1C1c2ccc(OCc3ccccc3)cc2CCN1CC(F)(F)F. The normalized spacial score (nSPS) is 24.5. The third-order valence-corrected chi connectivity index (χ3v) is 8.36. The molecule has 2 aliphatic heterocycles. The summed E-state index contributed by atoms with van der Waals surface area (Å²) in [7, 11) is 0. The van der Waals surface area contributed by atoms with Crippen LogP contribution < -0.4 is 14.8 Å². The fraction of sp³-hybridized carbons (Fsp3) is 0.419. The highest BCUT2D eigenvalue weighted by Gasteiger charge is 2.47. The minimum atomic E-state index is -4.53. The molecule has 1 saturated heterocycles. The summed E-state index contributed by atoms with van der Waals surface area (Å²) in [6, 6.07) is 15.6. The Morgan fingerprint density at radius 3 is 2.38 bits per heavy atom. The lowest BCUT2D eigenvalue weighted by atomic mass is 9.66. The number of hydrogen-bond acceptors (Lipinski definition) is 4. The zero-order valence-corrected chi connectivity index (χ0v) is 21.9. The molecule has 1 spiro atoms. The minimum Gasteiger partial charge on any atom is -0.490 e. The zero-order valence-electron chi connectivity index (χ0n) is 21.9. The van der Waals surface area contributed by atoms with Gasteiger partial charge in [-0.2, -0.15) is 13.2 Å². The topological polar surface area (TPSA) is 33.7 Å². The zero-order chi connectivity index (χ0) is 27.9. The number of nitrogens with one attached hydrogen (secondary N) is 1. The number of benzene rings is 3. The molecule has 3 aliphatic rings. The standard InChI is InChI=1S/C31H31F5N2O2/c32-26-13-23(40-24-15-30(16-24)9-10-37-18-30)14-27(33)28(26)29-25-7-6-22(39-17-20-4-2-1-3-5-20)12-21(25)8-11-38(29)19-31(34,35)36/h1-7,12-14,24,29,37H,8-11,15-19H2. The van der Waals surface area contributed by atoms with Crippen molar-refractivity contribution in [3.8, 4) is 11.5 Å². The monoisotopic (exact) mass is 558 g/mol. The van der Waals surface area contributed by atoms with Gasteiger partial charge >= 0.3 is 6.18 Å². The predicted octanol–water partition coefficient (Wildman–Crippen LogP) is 6.57. The van der Waals surface area contributed by atoms with E-state index in [1.54, 1.807) is 18.2 Å². The van der Waals surface area contributed by atoms with Crippen molar-refractivity contribution >= 4 is 0 Å². The van der Waals surface area contributed by atoms with Crippen LogP contribution in [-0.2, 0) is 13.0 Å². The molecule has 4 nitrogen and oxygen atoms in total. The second kappa shape index (κ2) is 10.7. The molecule has 1 atom stereocenters. The first-order valence-electron chi connectivity index (χ1n) is 13.6. The van der Waals surface area contributed by atoms with Crippen LogP contribution in [0.5, 0.6) is 11.5 Å². The number of ether oxygens (including phenoxy) is 2. The Kier molecular flexibility index (Phi) is 7.21. The summed E-state index contributed by atoms with van der Waals surface area (Å²) in [6.07, 6.45) is -1.67. The molecule has 0 amide bonds. The summed E-state index contributed by atoms with van der Waals surface area (Å²) in [5.74, 6) is -1.22. The highest BCUT2D eigenvalue weighted by molar-refractivity contribution is 5.46. The summed E-state index contributed by atoms with van der Waals surface area (Å²) in [4.78, 5) is 1.09. The summed E-state index contributed by atoms with van der Waals surface area (Å²) in [5.41, 5.74) is 1.91. The van der Waals surface area contributed by atoms with Crippen LogP contribution in [0.15, 0.2) is 60.7 Å². The Balaban J connectivity index is 1.26. The molecule has 40 heavy (non-hydrogen) atoms. The van der Waals surface area contributed by atoms with E-state index in [0.29, 0.717) is 29.9 Å². The molecule has 2 fully saturated rings.